The zero-order valence-electron chi connectivity index (χ0n) is 9.09. The Balaban J connectivity index is 0.000000461. The summed E-state index contributed by atoms with van der Waals surface area (Å²) in [4.78, 5) is 3.19. The van der Waals surface area contributed by atoms with E-state index in [2.05, 4.69) is 34.6 Å². The molecule has 0 saturated carbocycles. The summed E-state index contributed by atoms with van der Waals surface area (Å²) in [5.41, 5.74) is 2.55. The topological polar surface area (TPSA) is 27.8 Å². The number of benzene rings is 1. The minimum absolute atomic E-state index is 0.926. The summed E-state index contributed by atoms with van der Waals surface area (Å²) >= 11 is 0. The summed E-state index contributed by atoms with van der Waals surface area (Å²) in [5, 5.41) is 4.46. The van der Waals surface area contributed by atoms with Crippen LogP contribution in [-0.4, -0.2) is 12.0 Å². The molecular weight excluding hydrogens is 172 g/mol. The third-order valence-corrected chi connectivity index (χ3v) is 2.05. The largest absolute Gasteiger partial charge is 0.361 e. The van der Waals surface area contributed by atoms with E-state index in [1.165, 1.54) is 16.5 Å². The van der Waals surface area contributed by atoms with E-state index in [1.54, 1.807) is 0 Å². The summed E-state index contributed by atoms with van der Waals surface area (Å²) < 4.78 is 0. The molecule has 1 aromatic heterocycles. The maximum absolute atomic E-state index is 3.19. The molecule has 2 N–H and O–H groups in total. The molecule has 0 bridgehead atoms. The van der Waals surface area contributed by atoms with Crippen molar-refractivity contribution in [3.63, 3.8) is 0 Å². The van der Waals surface area contributed by atoms with Gasteiger partial charge in [0.25, 0.3) is 0 Å². The van der Waals surface area contributed by atoms with E-state index in [0.29, 0.717) is 0 Å². The van der Waals surface area contributed by atoms with Gasteiger partial charge in [0.05, 0.1) is 0 Å². The lowest BCUT2D eigenvalue weighted by atomic mass is 10.1. The van der Waals surface area contributed by atoms with E-state index in [1.807, 2.05) is 27.1 Å². The van der Waals surface area contributed by atoms with Gasteiger partial charge in [-0.3, -0.25) is 0 Å². The average Bonchev–Trinajstić information content (AvgIpc) is 2.70. The molecule has 1 heterocycles. The van der Waals surface area contributed by atoms with Crippen molar-refractivity contribution in [2.75, 3.05) is 7.05 Å². The Bertz CT molecular complexity index is 376. The first-order valence-corrected chi connectivity index (χ1v) is 5.11. The van der Waals surface area contributed by atoms with Crippen molar-refractivity contribution in [2.24, 2.45) is 0 Å². The fourth-order valence-electron chi connectivity index (χ4n) is 1.50. The average molecular weight is 190 g/mol. The molecule has 2 nitrogen and oxygen atoms in total. The SMILES string of the molecule is CC.CNCc1cccc2[nH]ccc12. The Morgan fingerprint density at radius 2 is 2.00 bits per heavy atom. The van der Waals surface area contributed by atoms with Gasteiger partial charge in [0.15, 0.2) is 0 Å². The van der Waals surface area contributed by atoms with Crippen LogP contribution in [-0.2, 0) is 6.54 Å². The molecule has 0 unspecified atom stereocenters. The molecule has 1 aromatic carbocycles. The molecule has 14 heavy (non-hydrogen) atoms. The van der Waals surface area contributed by atoms with Gasteiger partial charge in [-0.1, -0.05) is 26.0 Å². The highest BCUT2D eigenvalue weighted by atomic mass is 14.8. The van der Waals surface area contributed by atoms with Crippen molar-refractivity contribution in [2.45, 2.75) is 20.4 Å². The number of H-pyrrole nitrogens is 1. The van der Waals surface area contributed by atoms with Crippen LogP contribution in [0.4, 0.5) is 0 Å². The highest BCUT2D eigenvalue weighted by molar-refractivity contribution is 5.82. The molecule has 0 aliphatic rings. The summed E-state index contributed by atoms with van der Waals surface area (Å²) in [6.45, 7) is 4.93. The Hall–Kier alpha value is -1.28. The van der Waals surface area contributed by atoms with E-state index in [0.717, 1.165) is 6.54 Å². The second kappa shape index (κ2) is 5.45. The summed E-state index contributed by atoms with van der Waals surface area (Å²) in [6, 6.07) is 8.43. The summed E-state index contributed by atoms with van der Waals surface area (Å²) in [7, 11) is 1.96. The minimum Gasteiger partial charge on any atom is -0.361 e. The second-order valence-electron chi connectivity index (χ2n) is 2.89. The Kier molecular flexibility index (Phi) is 4.20. The molecule has 2 heteroatoms. The quantitative estimate of drug-likeness (QED) is 0.748. The second-order valence-corrected chi connectivity index (χ2v) is 2.89. The molecule has 0 atom stereocenters. The van der Waals surface area contributed by atoms with Crippen LogP contribution >= 0.6 is 0 Å². The molecule has 0 fully saturated rings. The van der Waals surface area contributed by atoms with Gasteiger partial charge in [-0.2, -0.15) is 0 Å². The van der Waals surface area contributed by atoms with Crippen molar-refractivity contribution in [3.05, 3.63) is 36.0 Å². The lowest BCUT2D eigenvalue weighted by Crippen LogP contribution is -2.04. The van der Waals surface area contributed by atoms with Gasteiger partial charge in [-0.25, -0.2) is 0 Å². The monoisotopic (exact) mass is 190 g/mol. The summed E-state index contributed by atoms with van der Waals surface area (Å²) in [5.74, 6) is 0. The van der Waals surface area contributed by atoms with Crippen LogP contribution in [0.25, 0.3) is 10.9 Å². The molecule has 76 valence electrons. The lowest BCUT2D eigenvalue weighted by molar-refractivity contribution is 0.824. The molecule has 0 aliphatic carbocycles. The van der Waals surface area contributed by atoms with Gasteiger partial charge in [0, 0.05) is 23.6 Å². The van der Waals surface area contributed by atoms with Crippen LogP contribution in [0.3, 0.4) is 0 Å². The zero-order valence-corrected chi connectivity index (χ0v) is 9.09. The molecule has 2 aromatic rings. The van der Waals surface area contributed by atoms with Crippen molar-refractivity contribution in [3.8, 4) is 0 Å². The number of aromatic amines is 1. The molecule has 0 saturated heterocycles. The van der Waals surface area contributed by atoms with E-state index in [9.17, 15) is 0 Å². The fourth-order valence-corrected chi connectivity index (χ4v) is 1.50. The molecule has 0 amide bonds. The minimum atomic E-state index is 0.926. The van der Waals surface area contributed by atoms with Gasteiger partial charge in [-0.15, -0.1) is 0 Å². The van der Waals surface area contributed by atoms with Gasteiger partial charge >= 0.3 is 0 Å². The van der Waals surface area contributed by atoms with Crippen molar-refractivity contribution >= 4 is 10.9 Å². The molecule has 0 spiro atoms. The van der Waals surface area contributed by atoms with E-state index in [4.69, 9.17) is 0 Å². The third kappa shape index (κ3) is 2.15. The fraction of sp³-hybridized carbons (Fsp3) is 0.333. The number of aromatic nitrogens is 1. The van der Waals surface area contributed by atoms with Gasteiger partial charge in [0.2, 0.25) is 0 Å². The van der Waals surface area contributed by atoms with Gasteiger partial charge < -0.3 is 10.3 Å². The summed E-state index contributed by atoms with van der Waals surface area (Å²) in [6.07, 6.45) is 1.98. The standard InChI is InChI=1S/C10H12N2.C2H6/c1-11-7-8-3-2-4-10-9(8)5-6-12-10;1-2/h2-6,11-12H,7H2,1H3;1-2H3. The first-order valence-electron chi connectivity index (χ1n) is 5.11. The number of nitrogens with one attached hydrogen (secondary N) is 2. The van der Waals surface area contributed by atoms with Crippen molar-refractivity contribution in [1.82, 2.24) is 10.3 Å². The number of hydrogen-bond acceptors (Lipinski definition) is 1. The predicted octanol–water partition coefficient (Wildman–Crippen LogP) is 2.91. The van der Waals surface area contributed by atoms with Crippen LogP contribution in [0.2, 0.25) is 0 Å². The highest BCUT2D eigenvalue weighted by Crippen LogP contribution is 2.16. The van der Waals surface area contributed by atoms with Crippen molar-refractivity contribution in [1.29, 1.82) is 0 Å². The zero-order chi connectivity index (χ0) is 10.4. The lowest BCUT2D eigenvalue weighted by Gasteiger charge is -2.00. The number of fused-ring (bicyclic) bond motifs is 1. The Morgan fingerprint density at radius 1 is 1.21 bits per heavy atom. The van der Waals surface area contributed by atoms with Crippen LogP contribution in [0.15, 0.2) is 30.5 Å². The van der Waals surface area contributed by atoms with Crippen molar-refractivity contribution < 1.29 is 0 Å². The van der Waals surface area contributed by atoms with Crippen LogP contribution in [0, 0.1) is 0 Å². The Labute approximate surface area is 85.3 Å². The van der Waals surface area contributed by atoms with E-state index in [-0.39, 0.29) is 0 Å². The highest BCUT2D eigenvalue weighted by Gasteiger charge is 1.98. The first-order chi connectivity index (χ1) is 6.92. The number of rotatable bonds is 2. The van der Waals surface area contributed by atoms with E-state index < -0.39 is 0 Å². The maximum atomic E-state index is 3.19. The van der Waals surface area contributed by atoms with Crippen LogP contribution < -0.4 is 5.32 Å². The van der Waals surface area contributed by atoms with E-state index >= 15 is 0 Å². The Morgan fingerprint density at radius 3 is 2.71 bits per heavy atom. The predicted molar refractivity (Wildman–Crippen MR) is 62.4 cm³/mol. The molecule has 2 rings (SSSR count). The van der Waals surface area contributed by atoms with Gasteiger partial charge in [-0.05, 0) is 24.7 Å². The molecule has 0 radical (unpaired) electrons. The normalized spacial score (nSPS) is 9.64. The smallest absolute Gasteiger partial charge is 0.0457 e. The van der Waals surface area contributed by atoms with Crippen LogP contribution in [0.5, 0.6) is 0 Å². The van der Waals surface area contributed by atoms with Crippen LogP contribution in [0.1, 0.15) is 19.4 Å². The third-order valence-electron chi connectivity index (χ3n) is 2.05. The van der Waals surface area contributed by atoms with Gasteiger partial charge in [0.1, 0.15) is 0 Å². The molecular formula is C12H18N2. The molecule has 0 aliphatic heterocycles. The maximum Gasteiger partial charge on any atom is 0.0457 e. The first kappa shape index (κ1) is 10.8. The number of hydrogen-bond donors (Lipinski definition) is 2.